The highest BCUT2D eigenvalue weighted by Crippen LogP contribution is 2.36. The van der Waals surface area contributed by atoms with E-state index in [2.05, 4.69) is 33.9 Å². The highest BCUT2D eigenvalue weighted by Gasteiger charge is 2.15. The van der Waals surface area contributed by atoms with Crippen molar-refractivity contribution in [3.05, 3.63) is 137 Å². The van der Waals surface area contributed by atoms with Gasteiger partial charge in [-0.05, 0) is 78.7 Å². The number of nitrogens with zero attached hydrogens (tertiary/aromatic N) is 2. The molecule has 5 nitrogen and oxygen atoms in total. The number of nitrogens with one attached hydrogen (secondary N) is 1. The van der Waals surface area contributed by atoms with Gasteiger partial charge in [0.1, 0.15) is 12.4 Å². The van der Waals surface area contributed by atoms with E-state index in [0.717, 1.165) is 33.8 Å². The van der Waals surface area contributed by atoms with Crippen molar-refractivity contribution in [2.75, 3.05) is 0 Å². The molecule has 3 aromatic carbocycles. The number of rotatable bonds is 8. The zero-order valence-corrected chi connectivity index (χ0v) is 21.2. The lowest BCUT2D eigenvalue weighted by atomic mass is 10.1. The zero-order valence-electron chi connectivity index (χ0n) is 20.4. The Labute approximate surface area is 221 Å². The summed E-state index contributed by atoms with van der Waals surface area (Å²) in [4.78, 5) is 16.8. The van der Waals surface area contributed by atoms with Crippen LogP contribution in [0.2, 0.25) is 5.02 Å². The number of aromatic nitrogens is 2. The standard InChI is InChI=1S/C31H26ClN3O2/c1-22-9-16-29(28-15-12-26(32)18-30(28)37-21-23-6-3-2-4-7-23)35(22)27-13-10-25(11-14-27)31(36)34-20-24-8-5-17-33-19-24/h2-19H,20-21H2,1H3,(H,34,36). The molecule has 0 atom stereocenters. The number of amides is 1. The number of pyridine rings is 1. The van der Waals surface area contributed by atoms with Crippen LogP contribution in [0, 0.1) is 6.92 Å². The molecule has 184 valence electrons. The van der Waals surface area contributed by atoms with Gasteiger partial charge in [-0.2, -0.15) is 0 Å². The number of benzene rings is 3. The lowest BCUT2D eigenvalue weighted by Gasteiger charge is -2.16. The molecule has 1 N–H and O–H groups in total. The minimum absolute atomic E-state index is 0.130. The molecule has 0 spiro atoms. The molecule has 6 heteroatoms. The predicted octanol–water partition coefficient (Wildman–Crippen LogP) is 7.01. The van der Waals surface area contributed by atoms with Crippen LogP contribution in [-0.4, -0.2) is 15.5 Å². The van der Waals surface area contributed by atoms with Crippen LogP contribution in [0.4, 0.5) is 0 Å². The van der Waals surface area contributed by atoms with Crippen LogP contribution >= 0.6 is 11.6 Å². The number of hydrogen-bond acceptors (Lipinski definition) is 3. The predicted molar refractivity (Wildman–Crippen MR) is 147 cm³/mol. The molecule has 0 unspecified atom stereocenters. The summed E-state index contributed by atoms with van der Waals surface area (Å²) in [5.74, 6) is 0.580. The van der Waals surface area contributed by atoms with E-state index in [1.807, 2.05) is 84.9 Å². The van der Waals surface area contributed by atoms with Crippen LogP contribution in [0.5, 0.6) is 5.75 Å². The maximum atomic E-state index is 12.7. The maximum Gasteiger partial charge on any atom is 0.251 e. The number of hydrogen-bond donors (Lipinski definition) is 1. The van der Waals surface area contributed by atoms with Gasteiger partial charge >= 0.3 is 0 Å². The molecular weight excluding hydrogens is 482 g/mol. The van der Waals surface area contributed by atoms with Gasteiger partial charge in [0.05, 0.1) is 5.69 Å². The fraction of sp³-hybridized carbons (Fsp3) is 0.0968. The summed E-state index contributed by atoms with van der Waals surface area (Å²) in [5.41, 5.74) is 6.55. The average Bonchev–Trinajstić information content (AvgIpc) is 3.32. The highest BCUT2D eigenvalue weighted by molar-refractivity contribution is 6.30. The van der Waals surface area contributed by atoms with Gasteiger partial charge in [0.2, 0.25) is 0 Å². The monoisotopic (exact) mass is 507 g/mol. The van der Waals surface area contributed by atoms with Crippen molar-refractivity contribution in [3.63, 3.8) is 0 Å². The van der Waals surface area contributed by atoms with Crippen LogP contribution in [-0.2, 0) is 13.2 Å². The summed E-state index contributed by atoms with van der Waals surface area (Å²) in [6, 6.07) is 31.3. The lowest BCUT2D eigenvalue weighted by molar-refractivity contribution is 0.0951. The van der Waals surface area contributed by atoms with Gasteiger partial charge in [-0.1, -0.05) is 48.0 Å². The molecule has 0 saturated carbocycles. The Hall–Kier alpha value is -4.35. The lowest BCUT2D eigenvalue weighted by Crippen LogP contribution is -2.22. The second kappa shape index (κ2) is 11.1. The van der Waals surface area contributed by atoms with Gasteiger partial charge in [0.15, 0.2) is 0 Å². The molecule has 0 saturated heterocycles. The fourth-order valence-corrected chi connectivity index (χ4v) is 4.37. The summed E-state index contributed by atoms with van der Waals surface area (Å²) in [6.07, 6.45) is 3.46. The summed E-state index contributed by atoms with van der Waals surface area (Å²) < 4.78 is 8.37. The molecule has 0 bridgehead atoms. The van der Waals surface area contributed by atoms with Crippen molar-refractivity contribution in [1.29, 1.82) is 0 Å². The summed E-state index contributed by atoms with van der Waals surface area (Å²) in [6.45, 7) is 2.92. The summed E-state index contributed by atoms with van der Waals surface area (Å²) in [7, 11) is 0. The first kappa shape index (κ1) is 24.3. The number of ether oxygens (including phenoxy) is 1. The van der Waals surface area contributed by atoms with E-state index in [-0.39, 0.29) is 5.91 Å². The van der Waals surface area contributed by atoms with Crippen molar-refractivity contribution >= 4 is 17.5 Å². The summed E-state index contributed by atoms with van der Waals surface area (Å²) in [5, 5.41) is 3.56. The number of carbonyl (C=O) groups is 1. The SMILES string of the molecule is Cc1ccc(-c2ccc(Cl)cc2OCc2ccccc2)n1-c1ccc(C(=O)NCc2cccnc2)cc1. The molecule has 0 radical (unpaired) electrons. The average molecular weight is 508 g/mol. The van der Waals surface area contributed by atoms with Crippen LogP contribution < -0.4 is 10.1 Å². The Bertz CT molecular complexity index is 1500. The minimum Gasteiger partial charge on any atom is -0.488 e. The molecular formula is C31H26ClN3O2. The highest BCUT2D eigenvalue weighted by atomic mass is 35.5. The quantitative estimate of drug-likeness (QED) is 0.246. The first-order valence-electron chi connectivity index (χ1n) is 12.0. The molecule has 37 heavy (non-hydrogen) atoms. The normalized spacial score (nSPS) is 10.8. The van der Waals surface area contributed by atoms with Gasteiger partial charge in [0.25, 0.3) is 5.91 Å². The molecule has 5 aromatic rings. The largest absolute Gasteiger partial charge is 0.488 e. The second-order valence-electron chi connectivity index (χ2n) is 8.70. The van der Waals surface area contributed by atoms with Crippen LogP contribution in [0.3, 0.4) is 0 Å². The van der Waals surface area contributed by atoms with Gasteiger partial charge in [-0.15, -0.1) is 0 Å². The Morgan fingerprint density at radius 2 is 1.70 bits per heavy atom. The van der Waals surface area contributed by atoms with Gasteiger partial charge < -0.3 is 14.6 Å². The third kappa shape index (κ3) is 5.74. The van der Waals surface area contributed by atoms with Crippen molar-refractivity contribution in [3.8, 4) is 22.7 Å². The third-order valence-corrected chi connectivity index (χ3v) is 6.33. The van der Waals surface area contributed by atoms with Gasteiger partial charge in [-0.3, -0.25) is 9.78 Å². The number of carbonyl (C=O) groups excluding carboxylic acids is 1. The molecule has 2 aromatic heterocycles. The van der Waals surface area contributed by atoms with Gasteiger partial charge in [0, 0.05) is 46.5 Å². The maximum absolute atomic E-state index is 12.7. The molecule has 5 rings (SSSR count). The van der Waals surface area contributed by atoms with E-state index in [9.17, 15) is 4.79 Å². The fourth-order valence-electron chi connectivity index (χ4n) is 4.20. The van der Waals surface area contributed by atoms with Crippen molar-refractivity contribution < 1.29 is 9.53 Å². The van der Waals surface area contributed by atoms with Crippen LogP contribution in [0.15, 0.2) is 109 Å². The molecule has 1 amide bonds. The topological polar surface area (TPSA) is 56.1 Å². The summed E-state index contributed by atoms with van der Waals surface area (Å²) >= 11 is 6.33. The van der Waals surface area contributed by atoms with Crippen LogP contribution in [0.1, 0.15) is 27.2 Å². The van der Waals surface area contributed by atoms with E-state index >= 15 is 0 Å². The Kier molecular flexibility index (Phi) is 7.33. The van der Waals surface area contributed by atoms with E-state index in [1.54, 1.807) is 12.4 Å². The minimum atomic E-state index is -0.130. The van der Waals surface area contributed by atoms with E-state index in [1.165, 1.54) is 0 Å². The van der Waals surface area contributed by atoms with E-state index < -0.39 is 0 Å². The Morgan fingerprint density at radius 1 is 0.919 bits per heavy atom. The molecule has 0 aliphatic carbocycles. The molecule has 0 fully saturated rings. The first-order valence-corrected chi connectivity index (χ1v) is 12.4. The third-order valence-electron chi connectivity index (χ3n) is 6.10. The van der Waals surface area contributed by atoms with Crippen LogP contribution in [0.25, 0.3) is 16.9 Å². The van der Waals surface area contributed by atoms with Crippen molar-refractivity contribution in [2.24, 2.45) is 0 Å². The van der Waals surface area contributed by atoms with Crippen molar-refractivity contribution in [1.82, 2.24) is 14.9 Å². The zero-order chi connectivity index (χ0) is 25.6. The van der Waals surface area contributed by atoms with Gasteiger partial charge in [-0.25, -0.2) is 0 Å². The molecule has 0 aliphatic rings. The Morgan fingerprint density at radius 3 is 2.46 bits per heavy atom. The number of aryl methyl sites for hydroxylation is 1. The Balaban J connectivity index is 1.39. The smallest absolute Gasteiger partial charge is 0.251 e. The van der Waals surface area contributed by atoms with Crippen molar-refractivity contribution in [2.45, 2.75) is 20.1 Å². The molecule has 2 heterocycles. The number of halogens is 1. The first-order chi connectivity index (χ1) is 18.1. The van der Waals surface area contributed by atoms with E-state index in [4.69, 9.17) is 16.3 Å². The molecule has 0 aliphatic heterocycles. The second-order valence-corrected chi connectivity index (χ2v) is 9.14. The van der Waals surface area contributed by atoms with E-state index in [0.29, 0.717) is 29.5 Å².